The molecular formula is C14H24N2O2. The fourth-order valence-corrected chi connectivity index (χ4v) is 1.88. The summed E-state index contributed by atoms with van der Waals surface area (Å²) in [6, 6.07) is 6.50. The van der Waals surface area contributed by atoms with Gasteiger partial charge in [0.15, 0.2) is 11.5 Å². The van der Waals surface area contributed by atoms with Crippen LogP contribution in [-0.4, -0.2) is 38.8 Å². The van der Waals surface area contributed by atoms with Crippen LogP contribution < -0.4 is 15.2 Å². The first-order chi connectivity index (χ1) is 8.62. The summed E-state index contributed by atoms with van der Waals surface area (Å²) in [6.07, 6.45) is 1.00. The van der Waals surface area contributed by atoms with Gasteiger partial charge in [0.1, 0.15) is 0 Å². The van der Waals surface area contributed by atoms with Crippen LogP contribution >= 0.6 is 0 Å². The highest BCUT2D eigenvalue weighted by atomic mass is 16.5. The number of hydrogen-bond donors (Lipinski definition) is 1. The van der Waals surface area contributed by atoms with Crippen LogP contribution in [0.1, 0.15) is 18.9 Å². The summed E-state index contributed by atoms with van der Waals surface area (Å²) in [5.41, 5.74) is 6.79. The summed E-state index contributed by atoms with van der Waals surface area (Å²) in [7, 11) is 5.41. The van der Waals surface area contributed by atoms with E-state index < -0.39 is 0 Å². The minimum atomic E-state index is 0.475. The number of nitrogens with zero attached hydrogens (tertiary/aromatic N) is 1. The van der Waals surface area contributed by atoms with Gasteiger partial charge in [-0.3, -0.25) is 4.90 Å². The zero-order valence-electron chi connectivity index (χ0n) is 11.8. The quantitative estimate of drug-likeness (QED) is 0.805. The van der Waals surface area contributed by atoms with Crippen molar-refractivity contribution in [2.45, 2.75) is 25.9 Å². The Morgan fingerprint density at radius 1 is 1.22 bits per heavy atom. The summed E-state index contributed by atoms with van der Waals surface area (Å²) >= 11 is 0. The van der Waals surface area contributed by atoms with Gasteiger partial charge in [0.25, 0.3) is 0 Å². The van der Waals surface area contributed by atoms with Crippen molar-refractivity contribution in [3.8, 4) is 11.5 Å². The number of rotatable bonds is 7. The molecule has 0 saturated carbocycles. The molecular weight excluding hydrogens is 228 g/mol. The van der Waals surface area contributed by atoms with Gasteiger partial charge < -0.3 is 15.2 Å². The fourth-order valence-electron chi connectivity index (χ4n) is 1.88. The molecule has 1 rings (SSSR count). The minimum Gasteiger partial charge on any atom is -0.493 e. The van der Waals surface area contributed by atoms with E-state index in [2.05, 4.69) is 24.9 Å². The van der Waals surface area contributed by atoms with E-state index in [4.69, 9.17) is 15.2 Å². The molecule has 1 aromatic rings. The number of methoxy groups -OCH3 is 2. The summed E-state index contributed by atoms with van der Waals surface area (Å²) in [4.78, 5) is 2.29. The van der Waals surface area contributed by atoms with Crippen LogP contribution in [0.5, 0.6) is 11.5 Å². The first-order valence-corrected chi connectivity index (χ1v) is 6.23. The molecule has 0 aliphatic carbocycles. The Bertz CT molecular complexity index is 369. The third-order valence-corrected chi connectivity index (χ3v) is 3.22. The highest BCUT2D eigenvalue weighted by Gasteiger charge is 2.10. The second kappa shape index (κ2) is 7.24. The molecule has 0 amide bonds. The predicted molar refractivity (Wildman–Crippen MR) is 74.1 cm³/mol. The second-order valence-electron chi connectivity index (χ2n) is 4.53. The Morgan fingerprint density at radius 3 is 2.44 bits per heavy atom. The predicted octanol–water partition coefficient (Wildman–Crippen LogP) is 1.87. The average Bonchev–Trinajstić information content (AvgIpc) is 2.38. The van der Waals surface area contributed by atoms with E-state index in [1.54, 1.807) is 14.2 Å². The second-order valence-corrected chi connectivity index (χ2v) is 4.53. The topological polar surface area (TPSA) is 47.7 Å². The van der Waals surface area contributed by atoms with Gasteiger partial charge in [-0.25, -0.2) is 0 Å². The van der Waals surface area contributed by atoms with Crippen LogP contribution in [0.2, 0.25) is 0 Å². The Hall–Kier alpha value is -1.26. The van der Waals surface area contributed by atoms with Crippen molar-refractivity contribution in [1.29, 1.82) is 0 Å². The van der Waals surface area contributed by atoms with Crippen LogP contribution in [0, 0.1) is 0 Å². The molecule has 1 atom stereocenters. The molecule has 0 fully saturated rings. The summed E-state index contributed by atoms with van der Waals surface area (Å²) in [6.45, 7) is 3.78. The molecule has 0 spiro atoms. The van der Waals surface area contributed by atoms with E-state index in [0.717, 1.165) is 31.0 Å². The Balaban J connectivity index is 2.72. The Kier molecular flexibility index (Phi) is 5.95. The van der Waals surface area contributed by atoms with Crippen LogP contribution in [0.25, 0.3) is 0 Å². The van der Waals surface area contributed by atoms with Gasteiger partial charge in [0.2, 0.25) is 0 Å². The molecule has 102 valence electrons. The third kappa shape index (κ3) is 3.89. The molecule has 0 aliphatic heterocycles. The molecule has 2 N–H and O–H groups in total. The summed E-state index contributed by atoms with van der Waals surface area (Å²) in [5, 5.41) is 0. The molecule has 4 nitrogen and oxygen atoms in total. The lowest BCUT2D eigenvalue weighted by atomic mass is 10.1. The Labute approximate surface area is 110 Å². The van der Waals surface area contributed by atoms with Gasteiger partial charge in [-0.1, -0.05) is 6.07 Å². The smallest absolute Gasteiger partial charge is 0.161 e. The molecule has 0 aliphatic rings. The molecule has 4 heteroatoms. The molecule has 18 heavy (non-hydrogen) atoms. The molecule has 0 saturated heterocycles. The monoisotopic (exact) mass is 252 g/mol. The number of nitrogens with two attached hydrogens (primary N) is 1. The zero-order valence-corrected chi connectivity index (χ0v) is 11.8. The zero-order chi connectivity index (χ0) is 13.5. The van der Waals surface area contributed by atoms with E-state index in [1.807, 2.05) is 12.1 Å². The Morgan fingerprint density at radius 2 is 1.89 bits per heavy atom. The van der Waals surface area contributed by atoms with E-state index >= 15 is 0 Å². The molecule has 0 heterocycles. The van der Waals surface area contributed by atoms with Crippen molar-refractivity contribution in [2.75, 3.05) is 27.8 Å². The summed E-state index contributed by atoms with van der Waals surface area (Å²) < 4.78 is 10.5. The maximum absolute atomic E-state index is 5.58. The highest BCUT2D eigenvalue weighted by molar-refractivity contribution is 5.42. The largest absolute Gasteiger partial charge is 0.493 e. The van der Waals surface area contributed by atoms with Gasteiger partial charge >= 0.3 is 0 Å². The van der Waals surface area contributed by atoms with Crippen molar-refractivity contribution in [1.82, 2.24) is 4.90 Å². The van der Waals surface area contributed by atoms with Gasteiger partial charge in [0, 0.05) is 12.6 Å². The number of benzene rings is 1. The average molecular weight is 252 g/mol. The standard InChI is InChI=1S/C14H24N2O2/c1-11(7-8-15)16(2)10-12-5-6-13(17-3)14(9-12)18-4/h5-6,9,11H,7-8,10,15H2,1-4H3. The SMILES string of the molecule is COc1ccc(CN(C)C(C)CCN)cc1OC. The summed E-state index contributed by atoms with van der Waals surface area (Å²) in [5.74, 6) is 1.54. The first-order valence-electron chi connectivity index (χ1n) is 6.23. The van der Waals surface area contributed by atoms with E-state index in [-0.39, 0.29) is 0 Å². The van der Waals surface area contributed by atoms with E-state index in [0.29, 0.717) is 6.04 Å². The lowest BCUT2D eigenvalue weighted by Gasteiger charge is -2.24. The van der Waals surface area contributed by atoms with E-state index in [1.165, 1.54) is 5.56 Å². The van der Waals surface area contributed by atoms with Gasteiger partial charge in [-0.15, -0.1) is 0 Å². The van der Waals surface area contributed by atoms with Gasteiger partial charge in [-0.2, -0.15) is 0 Å². The highest BCUT2D eigenvalue weighted by Crippen LogP contribution is 2.28. The maximum atomic E-state index is 5.58. The van der Waals surface area contributed by atoms with Crippen LogP contribution in [0.4, 0.5) is 0 Å². The van der Waals surface area contributed by atoms with Crippen molar-refractivity contribution in [3.63, 3.8) is 0 Å². The number of ether oxygens (including phenoxy) is 2. The molecule has 1 unspecified atom stereocenters. The first kappa shape index (κ1) is 14.8. The molecule has 0 bridgehead atoms. The van der Waals surface area contributed by atoms with Crippen molar-refractivity contribution in [3.05, 3.63) is 23.8 Å². The van der Waals surface area contributed by atoms with Gasteiger partial charge in [0.05, 0.1) is 14.2 Å². The van der Waals surface area contributed by atoms with Crippen molar-refractivity contribution in [2.24, 2.45) is 5.73 Å². The third-order valence-electron chi connectivity index (χ3n) is 3.22. The lowest BCUT2D eigenvalue weighted by molar-refractivity contribution is 0.240. The molecule has 1 aromatic carbocycles. The fraction of sp³-hybridized carbons (Fsp3) is 0.571. The van der Waals surface area contributed by atoms with Gasteiger partial charge in [-0.05, 0) is 44.6 Å². The van der Waals surface area contributed by atoms with Crippen LogP contribution in [-0.2, 0) is 6.54 Å². The number of hydrogen-bond acceptors (Lipinski definition) is 4. The van der Waals surface area contributed by atoms with E-state index in [9.17, 15) is 0 Å². The van der Waals surface area contributed by atoms with Crippen LogP contribution in [0.15, 0.2) is 18.2 Å². The minimum absolute atomic E-state index is 0.475. The molecule has 0 radical (unpaired) electrons. The maximum Gasteiger partial charge on any atom is 0.161 e. The van der Waals surface area contributed by atoms with Crippen molar-refractivity contribution >= 4 is 0 Å². The lowest BCUT2D eigenvalue weighted by Crippen LogP contribution is -2.30. The van der Waals surface area contributed by atoms with Crippen molar-refractivity contribution < 1.29 is 9.47 Å². The normalized spacial score (nSPS) is 12.6. The molecule has 0 aromatic heterocycles. The van der Waals surface area contributed by atoms with Crippen LogP contribution in [0.3, 0.4) is 0 Å².